The Labute approximate surface area is 636 Å². The van der Waals surface area contributed by atoms with Gasteiger partial charge in [-0.2, -0.15) is 18.4 Å². The second-order valence-corrected chi connectivity index (χ2v) is 33.8. The maximum Gasteiger partial charge on any atom is 0.416 e. The predicted molar refractivity (Wildman–Crippen MR) is 415 cm³/mol. The minimum atomic E-state index is -4.29. The molecule has 7 heterocycles. The summed E-state index contributed by atoms with van der Waals surface area (Å²) in [5, 5.41) is 20.7. The Kier molecular flexibility index (Phi) is 26.2. The van der Waals surface area contributed by atoms with Gasteiger partial charge in [-0.25, -0.2) is 14.0 Å². The number of methoxy groups -OCH3 is 1. The molecule has 5 aromatic rings. The number of nitriles is 1. The van der Waals surface area contributed by atoms with Crippen LogP contribution in [-0.4, -0.2) is 169 Å². The molecule has 4 saturated carbocycles. The van der Waals surface area contributed by atoms with Crippen LogP contribution in [-0.2, 0) is 21.3 Å². The first-order chi connectivity index (χ1) is 51.8. The van der Waals surface area contributed by atoms with Crippen LogP contribution in [0.4, 0.5) is 27.2 Å². The van der Waals surface area contributed by atoms with E-state index in [9.17, 15) is 37.5 Å². The molecule has 7 saturated heterocycles. The second-order valence-electron chi connectivity index (χ2n) is 33.8. The van der Waals surface area contributed by atoms with Crippen LogP contribution in [0.25, 0.3) is 11.1 Å². The number of rotatable bonds is 13. The lowest BCUT2D eigenvalue weighted by Crippen LogP contribution is -2.48. The average Bonchev–Trinajstić information content (AvgIpc) is 1.32. The van der Waals surface area contributed by atoms with E-state index >= 15 is 0 Å². The molecule has 580 valence electrons. The van der Waals surface area contributed by atoms with E-state index in [0.717, 1.165) is 190 Å². The normalized spacial score (nSPS) is 27.3. The van der Waals surface area contributed by atoms with Gasteiger partial charge in [-0.05, 0) is 349 Å². The fourth-order valence-corrected chi connectivity index (χ4v) is 21.8. The van der Waals surface area contributed by atoms with Crippen LogP contribution in [0.5, 0.6) is 5.75 Å². The summed E-state index contributed by atoms with van der Waals surface area (Å²) in [7, 11) is 1.77. The Morgan fingerprint density at radius 2 is 1.10 bits per heavy atom. The molecule has 17 heteroatoms. The number of ether oxygens (including phenoxy) is 3. The van der Waals surface area contributed by atoms with Gasteiger partial charge in [0.25, 0.3) is 0 Å². The maximum atomic E-state index is 13.8. The molecule has 0 spiro atoms. The quantitative estimate of drug-likeness (QED) is 0.113. The molecule has 11 aliphatic rings. The lowest BCUT2D eigenvalue weighted by molar-refractivity contribution is -0.137. The monoisotopic (exact) mass is 1470 g/mol. The number of amides is 2. The topological polar surface area (TPSA) is 125 Å². The van der Waals surface area contributed by atoms with Crippen molar-refractivity contribution in [3.63, 3.8) is 0 Å². The molecule has 16 rings (SSSR count). The molecule has 2 amide bonds. The highest BCUT2D eigenvalue weighted by Gasteiger charge is 2.47. The van der Waals surface area contributed by atoms with Gasteiger partial charge in [0.15, 0.2) is 0 Å². The van der Waals surface area contributed by atoms with E-state index < -0.39 is 17.3 Å². The number of likely N-dealkylation sites (tertiary alicyclic amines) is 5. The molecule has 11 fully saturated rings. The molecular formula is C90H121F4N7O6. The molecular weight excluding hydrogens is 1350 g/mol. The summed E-state index contributed by atoms with van der Waals surface area (Å²) in [5.41, 5.74) is 9.24. The van der Waals surface area contributed by atoms with Crippen molar-refractivity contribution in [3.05, 3.63) is 159 Å². The van der Waals surface area contributed by atoms with Gasteiger partial charge in [0.05, 0.1) is 43.1 Å². The molecule has 9 atom stereocenters. The second kappa shape index (κ2) is 35.6. The van der Waals surface area contributed by atoms with Gasteiger partial charge in [0.2, 0.25) is 0 Å². The number of carbonyl (C=O) groups excluding carboxylic acids is 2. The van der Waals surface area contributed by atoms with Crippen LogP contribution >= 0.6 is 0 Å². The number of fused-ring (bicyclic) bond motifs is 6. The van der Waals surface area contributed by atoms with Crippen LogP contribution in [0.1, 0.15) is 229 Å². The molecule has 7 aliphatic heterocycles. The summed E-state index contributed by atoms with van der Waals surface area (Å²) in [5.74, 6) is 6.92. The van der Waals surface area contributed by atoms with Crippen molar-refractivity contribution in [2.75, 3.05) is 92.3 Å². The lowest BCUT2D eigenvalue weighted by atomic mass is 9.81. The molecule has 107 heavy (non-hydrogen) atoms. The maximum absolute atomic E-state index is 13.8. The first-order valence-corrected chi connectivity index (χ1v) is 41.5. The van der Waals surface area contributed by atoms with E-state index in [0.29, 0.717) is 50.0 Å². The number of hydrogen-bond donors (Lipinski definition) is 1. The van der Waals surface area contributed by atoms with E-state index in [2.05, 4.69) is 75.1 Å². The van der Waals surface area contributed by atoms with Crippen LogP contribution in [0, 0.1) is 67.5 Å². The molecule has 1 N–H and O–H groups in total. The van der Waals surface area contributed by atoms with E-state index in [1.807, 2.05) is 56.9 Å². The van der Waals surface area contributed by atoms with Crippen molar-refractivity contribution in [2.45, 2.75) is 242 Å². The van der Waals surface area contributed by atoms with Crippen LogP contribution in [0.2, 0.25) is 0 Å². The van der Waals surface area contributed by atoms with Gasteiger partial charge in [-0.15, -0.1) is 0 Å². The fraction of sp³-hybridized carbons (Fsp3) is 0.633. The largest absolute Gasteiger partial charge is 0.496 e. The van der Waals surface area contributed by atoms with Crippen molar-refractivity contribution >= 4 is 12.2 Å². The number of piperidine rings is 5. The summed E-state index contributed by atoms with van der Waals surface area (Å²) in [6.07, 6.45) is 22.6. The molecule has 5 aromatic carbocycles. The van der Waals surface area contributed by atoms with Crippen molar-refractivity contribution in [1.82, 2.24) is 29.4 Å². The zero-order chi connectivity index (χ0) is 74.9. The van der Waals surface area contributed by atoms with Crippen LogP contribution in [0.3, 0.4) is 0 Å². The Hall–Kier alpha value is -6.55. The molecule has 6 unspecified atom stereocenters. The van der Waals surface area contributed by atoms with Crippen molar-refractivity contribution in [2.24, 2.45) is 29.6 Å². The lowest BCUT2D eigenvalue weighted by Gasteiger charge is -2.43. The number of aliphatic hydroxyl groups is 1. The summed E-state index contributed by atoms with van der Waals surface area (Å²) >= 11 is 0. The first-order valence-electron chi connectivity index (χ1n) is 41.5. The third-order valence-corrected chi connectivity index (χ3v) is 27.7. The Bertz CT molecular complexity index is 3800. The molecule has 6 bridgehead atoms. The van der Waals surface area contributed by atoms with Crippen LogP contribution < -0.4 is 4.74 Å². The molecule has 0 aromatic heterocycles. The number of carbonyl (C=O) groups is 2. The highest BCUT2D eigenvalue weighted by molar-refractivity contribution is 5.72. The number of hydrogen-bond acceptors (Lipinski definition) is 11. The van der Waals surface area contributed by atoms with Crippen LogP contribution in [0.15, 0.2) is 103 Å². The van der Waals surface area contributed by atoms with Gasteiger partial charge < -0.3 is 48.7 Å². The van der Waals surface area contributed by atoms with E-state index in [4.69, 9.17) is 14.2 Å². The first kappa shape index (κ1) is 78.6. The minimum Gasteiger partial charge on any atom is -0.496 e. The third kappa shape index (κ3) is 18.7. The fourth-order valence-electron chi connectivity index (χ4n) is 21.8. The summed E-state index contributed by atoms with van der Waals surface area (Å²) in [6, 6.07) is 37.3. The summed E-state index contributed by atoms with van der Waals surface area (Å²) < 4.78 is 69.1. The number of aryl methyl sites for hydroxylation is 3. The van der Waals surface area contributed by atoms with Crippen molar-refractivity contribution < 1.29 is 46.5 Å². The predicted octanol–water partition coefficient (Wildman–Crippen LogP) is 19.0. The highest BCUT2D eigenvalue weighted by atomic mass is 19.4. The van der Waals surface area contributed by atoms with Crippen molar-refractivity contribution in [3.8, 4) is 22.9 Å². The molecule has 13 nitrogen and oxygen atoms in total. The minimum absolute atomic E-state index is 0.157. The number of halogens is 4. The van der Waals surface area contributed by atoms with Gasteiger partial charge in [0.1, 0.15) is 11.6 Å². The van der Waals surface area contributed by atoms with E-state index in [1.54, 1.807) is 36.1 Å². The third-order valence-electron chi connectivity index (χ3n) is 27.7. The van der Waals surface area contributed by atoms with Gasteiger partial charge >= 0.3 is 18.4 Å². The molecule has 0 radical (unpaired) electrons. The molecule has 4 aliphatic carbocycles. The zero-order valence-corrected chi connectivity index (χ0v) is 64.9. The van der Waals surface area contributed by atoms with E-state index in [1.165, 1.54) is 132 Å². The number of nitrogens with zero attached hydrogens (tertiary/aromatic N) is 7. The standard InChI is InChI=1S/C26H30N2O.C23H33FN2O3.C22H31F3N2O2.C19H27N/c1-29-26-9-8-20(23-5-3-2-4-22(23)17-27)16-24(26)19-10-12-28(13-11-19)25-15-18-6-7-21(25)14-18;1-3-29-22(27)26-18-6-8-19(15-20(26)9-7-18)25-12-10-23(28,11-13-25)21-14-17(24)5-4-16(21)2;1-3-29-21(28)27-12-6-17(7-13-27)15-26-10-8-18(9-11-26)20-14-19(22(23,24)25)5-4-16(20)2;1-14-4-2-3-5-18(14)16-8-10-20(11-9-16)19-13-15-6-7-17(19)12-15/h2-5,8-9,16,18-19,21,25H,6-7,10-15H2,1H3;4-5,14,18-20,28H,3,6-13,15H2,1-2H3;4-5,14,17-18H,3,6-13,15H2,1-2H3;2-5,15-17,19H,6-13H2,1H3/t18?,21?,25-;;;15-,17?,19-/m1..0/s1. The number of benzene rings is 5. The van der Waals surface area contributed by atoms with Crippen molar-refractivity contribution in [1.29, 1.82) is 5.26 Å². The Morgan fingerprint density at radius 3 is 1.69 bits per heavy atom. The average molecular weight is 1470 g/mol. The SMILES string of the molecule is CCOC(=O)N1C2CCC(N3CCC(O)(c4cc(F)ccc4C)CC3)CC1CC2.CCOC(=O)N1CCC(CN2CCC(c3cc(C(F)(F)F)ccc3C)CC2)CC1.COc1ccc(-c2ccccc2C#N)cc1C1CCN([C@@H]2CC3CCC2C3)CC1.Cc1ccccc1C1CCN([C@H]2C[C@H]3CCC2C3)CC1. The Balaban J connectivity index is 0.000000127. The van der Waals surface area contributed by atoms with E-state index in [-0.39, 0.29) is 30.0 Å². The van der Waals surface area contributed by atoms with Gasteiger partial charge in [-0.1, -0.05) is 73.5 Å². The summed E-state index contributed by atoms with van der Waals surface area (Å²) in [6.45, 7) is 21.6. The van der Waals surface area contributed by atoms with Gasteiger partial charge in [0, 0.05) is 62.9 Å². The van der Waals surface area contributed by atoms with Gasteiger partial charge in [-0.3, -0.25) is 0 Å². The Morgan fingerprint density at radius 1 is 0.542 bits per heavy atom. The highest BCUT2D eigenvalue weighted by Crippen LogP contribution is 2.50. The smallest absolute Gasteiger partial charge is 0.416 e. The summed E-state index contributed by atoms with van der Waals surface area (Å²) in [4.78, 5) is 38.6. The number of alkyl halides is 3. The zero-order valence-electron chi connectivity index (χ0n) is 64.9.